The zero-order valence-electron chi connectivity index (χ0n) is 12.5. The van der Waals surface area contributed by atoms with Crippen LogP contribution in [-0.2, 0) is 0 Å². The van der Waals surface area contributed by atoms with Gasteiger partial charge in [0.15, 0.2) is 0 Å². The molecule has 0 bridgehead atoms. The van der Waals surface area contributed by atoms with Gasteiger partial charge >= 0.3 is 0 Å². The molecule has 4 nitrogen and oxygen atoms in total. The molecule has 1 heterocycles. The molecule has 1 aliphatic rings. The van der Waals surface area contributed by atoms with Gasteiger partial charge in [-0.1, -0.05) is 12.8 Å². The molecule has 0 aromatic carbocycles. The maximum absolute atomic E-state index is 12.2. The summed E-state index contributed by atoms with van der Waals surface area (Å²) in [5.74, 6) is 1.06. The van der Waals surface area contributed by atoms with Crippen LogP contribution in [0.25, 0.3) is 0 Å². The summed E-state index contributed by atoms with van der Waals surface area (Å²) in [7, 11) is 0. The highest BCUT2D eigenvalue weighted by Gasteiger charge is 2.24. The first-order valence-corrected chi connectivity index (χ1v) is 7.54. The number of aromatic nitrogens is 1. The normalized spacial score (nSPS) is 22.6. The number of aryl methyl sites for hydroxylation is 2. The van der Waals surface area contributed by atoms with Crippen molar-refractivity contribution in [3.63, 3.8) is 0 Å². The Morgan fingerprint density at radius 1 is 1.30 bits per heavy atom. The van der Waals surface area contributed by atoms with Crippen molar-refractivity contribution >= 4 is 5.91 Å². The summed E-state index contributed by atoms with van der Waals surface area (Å²) in [5, 5.41) is 3.06. The highest BCUT2D eigenvalue weighted by atomic mass is 16.1. The van der Waals surface area contributed by atoms with Gasteiger partial charge in [0, 0.05) is 12.2 Å². The van der Waals surface area contributed by atoms with Crippen molar-refractivity contribution < 1.29 is 4.79 Å². The number of carbonyl (C=O) groups is 1. The van der Waals surface area contributed by atoms with Gasteiger partial charge in [-0.2, -0.15) is 0 Å². The molecule has 4 heteroatoms. The van der Waals surface area contributed by atoms with Crippen molar-refractivity contribution in [2.24, 2.45) is 17.6 Å². The SMILES string of the molecule is Cc1ccc(C(=O)NCC2CCCCC2CN)c(C)n1. The van der Waals surface area contributed by atoms with Crippen molar-refractivity contribution in [2.75, 3.05) is 13.1 Å². The zero-order chi connectivity index (χ0) is 14.5. The van der Waals surface area contributed by atoms with E-state index in [0.717, 1.165) is 24.5 Å². The first-order valence-electron chi connectivity index (χ1n) is 7.54. The highest BCUT2D eigenvalue weighted by Crippen LogP contribution is 2.28. The van der Waals surface area contributed by atoms with Crippen LogP contribution in [0.1, 0.15) is 47.4 Å². The molecule has 2 unspecified atom stereocenters. The van der Waals surface area contributed by atoms with Crippen LogP contribution in [0, 0.1) is 25.7 Å². The third kappa shape index (κ3) is 3.57. The van der Waals surface area contributed by atoms with Gasteiger partial charge in [0.2, 0.25) is 0 Å². The minimum absolute atomic E-state index is 0.0173. The minimum Gasteiger partial charge on any atom is -0.352 e. The average molecular weight is 275 g/mol. The Balaban J connectivity index is 1.94. The Morgan fingerprint density at radius 2 is 2.00 bits per heavy atom. The molecular formula is C16H25N3O. The van der Waals surface area contributed by atoms with Crippen LogP contribution in [0.2, 0.25) is 0 Å². The van der Waals surface area contributed by atoms with Crippen molar-refractivity contribution in [1.29, 1.82) is 0 Å². The maximum Gasteiger partial charge on any atom is 0.253 e. The Hall–Kier alpha value is -1.42. The van der Waals surface area contributed by atoms with Crippen molar-refractivity contribution in [3.8, 4) is 0 Å². The maximum atomic E-state index is 12.2. The lowest BCUT2D eigenvalue weighted by molar-refractivity contribution is 0.0934. The summed E-state index contributed by atoms with van der Waals surface area (Å²) in [6.07, 6.45) is 4.89. The fourth-order valence-corrected chi connectivity index (χ4v) is 3.11. The summed E-state index contributed by atoms with van der Waals surface area (Å²) in [4.78, 5) is 16.6. The molecule has 1 saturated carbocycles. The van der Waals surface area contributed by atoms with E-state index in [4.69, 9.17) is 5.73 Å². The number of rotatable bonds is 4. The highest BCUT2D eigenvalue weighted by molar-refractivity contribution is 5.95. The first-order chi connectivity index (χ1) is 9.61. The number of nitrogens with two attached hydrogens (primary N) is 1. The molecule has 2 rings (SSSR count). The number of nitrogens with one attached hydrogen (secondary N) is 1. The summed E-state index contributed by atoms with van der Waals surface area (Å²) >= 11 is 0. The number of pyridine rings is 1. The smallest absolute Gasteiger partial charge is 0.253 e. The van der Waals surface area contributed by atoms with Crippen LogP contribution >= 0.6 is 0 Å². The molecule has 1 aromatic heterocycles. The van der Waals surface area contributed by atoms with Crippen LogP contribution in [0.15, 0.2) is 12.1 Å². The molecule has 1 amide bonds. The number of hydrogen-bond acceptors (Lipinski definition) is 3. The minimum atomic E-state index is -0.0173. The molecular weight excluding hydrogens is 250 g/mol. The van der Waals surface area contributed by atoms with Crippen LogP contribution in [-0.4, -0.2) is 24.0 Å². The van der Waals surface area contributed by atoms with E-state index in [1.807, 2.05) is 26.0 Å². The Kier molecular flexibility index (Phi) is 5.12. The molecule has 3 N–H and O–H groups in total. The monoisotopic (exact) mass is 275 g/mol. The molecule has 0 aliphatic heterocycles. The Labute approximate surface area is 121 Å². The summed E-state index contributed by atoms with van der Waals surface area (Å²) in [5.41, 5.74) is 8.24. The second-order valence-electron chi connectivity index (χ2n) is 5.84. The topological polar surface area (TPSA) is 68.0 Å². The summed E-state index contributed by atoms with van der Waals surface area (Å²) < 4.78 is 0. The summed E-state index contributed by atoms with van der Waals surface area (Å²) in [6.45, 7) is 5.27. The van der Waals surface area contributed by atoms with Gasteiger partial charge in [0.05, 0.1) is 11.3 Å². The third-order valence-corrected chi connectivity index (χ3v) is 4.36. The predicted molar refractivity (Wildman–Crippen MR) is 80.5 cm³/mol. The van der Waals surface area contributed by atoms with E-state index in [2.05, 4.69) is 10.3 Å². The second kappa shape index (κ2) is 6.84. The van der Waals surface area contributed by atoms with Gasteiger partial charge in [-0.05, 0) is 57.2 Å². The second-order valence-corrected chi connectivity index (χ2v) is 5.84. The molecule has 20 heavy (non-hydrogen) atoms. The number of carbonyl (C=O) groups excluding carboxylic acids is 1. The average Bonchev–Trinajstić information content (AvgIpc) is 2.45. The number of hydrogen-bond donors (Lipinski definition) is 2. The van der Waals surface area contributed by atoms with Crippen molar-refractivity contribution in [1.82, 2.24) is 10.3 Å². The molecule has 1 aromatic rings. The molecule has 110 valence electrons. The molecule has 1 aliphatic carbocycles. The van der Waals surface area contributed by atoms with Crippen molar-refractivity contribution in [3.05, 3.63) is 29.1 Å². The van der Waals surface area contributed by atoms with Crippen LogP contribution in [0.5, 0.6) is 0 Å². The van der Waals surface area contributed by atoms with E-state index in [-0.39, 0.29) is 5.91 Å². The molecule has 0 spiro atoms. The lowest BCUT2D eigenvalue weighted by Gasteiger charge is -2.30. The van der Waals surface area contributed by atoms with Gasteiger partial charge in [0.1, 0.15) is 0 Å². The lowest BCUT2D eigenvalue weighted by atomic mass is 9.79. The van der Waals surface area contributed by atoms with E-state index in [0.29, 0.717) is 17.4 Å². The first kappa shape index (κ1) is 15.0. The Morgan fingerprint density at radius 3 is 2.65 bits per heavy atom. The molecule has 0 saturated heterocycles. The fourth-order valence-electron chi connectivity index (χ4n) is 3.11. The third-order valence-electron chi connectivity index (χ3n) is 4.36. The van der Waals surface area contributed by atoms with E-state index in [9.17, 15) is 4.79 Å². The standard InChI is InChI=1S/C16H25N3O/c1-11-7-8-15(12(2)19-11)16(20)18-10-14-6-4-3-5-13(14)9-17/h7-8,13-14H,3-6,9-10,17H2,1-2H3,(H,18,20). The Bertz CT molecular complexity index is 473. The summed E-state index contributed by atoms with van der Waals surface area (Å²) in [6, 6.07) is 3.74. The number of nitrogens with zero attached hydrogens (tertiary/aromatic N) is 1. The molecule has 1 fully saturated rings. The fraction of sp³-hybridized carbons (Fsp3) is 0.625. The largest absolute Gasteiger partial charge is 0.352 e. The van der Waals surface area contributed by atoms with E-state index in [1.54, 1.807) is 0 Å². The van der Waals surface area contributed by atoms with Gasteiger partial charge in [-0.3, -0.25) is 9.78 Å². The zero-order valence-corrected chi connectivity index (χ0v) is 12.5. The molecule has 2 atom stereocenters. The lowest BCUT2D eigenvalue weighted by Crippen LogP contribution is -2.37. The van der Waals surface area contributed by atoms with E-state index in [1.165, 1.54) is 25.7 Å². The van der Waals surface area contributed by atoms with Crippen LogP contribution in [0.3, 0.4) is 0 Å². The van der Waals surface area contributed by atoms with Crippen LogP contribution < -0.4 is 11.1 Å². The van der Waals surface area contributed by atoms with Gasteiger partial charge in [-0.25, -0.2) is 0 Å². The predicted octanol–water partition coefficient (Wildman–Crippen LogP) is 2.19. The van der Waals surface area contributed by atoms with E-state index >= 15 is 0 Å². The van der Waals surface area contributed by atoms with Gasteiger partial charge in [-0.15, -0.1) is 0 Å². The van der Waals surface area contributed by atoms with Gasteiger partial charge < -0.3 is 11.1 Å². The van der Waals surface area contributed by atoms with E-state index < -0.39 is 0 Å². The van der Waals surface area contributed by atoms with Gasteiger partial charge in [0.25, 0.3) is 5.91 Å². The molecule has 0 radical (unpaired) electrons. The number of amides is 1. The quantitative estimate of drug-likeness (QED) is 0.885. The van der Waals surface area contributed by atoms with Crippen LogP contribution in [0.4, 0.5) is 0 Å². The van der Waals surface area contributed by atoms with Crippen molar-refractivity contribution in [2.45, 2.75) is 39.5 Å².